The number of nitro groups is 2. The summed E-state index contributed by atoms with van der Waals surface area (Å²) < 4.78 is 23.9. The molecule has 8 nitrogen and oxygen atoms in total. The molecular formula is C21H17FN2O6. The van der Waals surface area contributed by atoms with Crippen molar-refractivity contribution in [1.82, 2.24) is 0 Å². The summed E-state index contributed by atoms with van der Waals surface area (Å²) in [5.41, 5.74) is 0.875. The number of nitrogens with zero attached hydrogens (tertiary/aromatic N) is 2. The van der Waals surface area contributed by atoms with Gasteiger partial charge in [-0.1, -0.05) is 24.3 Å². The highest BCUT2D eigenvalue weighted by Crippen LogP contribution is 2.36. The fraction of sp³-hybridized carbons (Fsp3) is 0.143. The maximum absolute atomic E-state index is 13.0. The minimum absolute atomic E-state index is 0.0133. The van der Waals surface area contributed by atoms with E-state index in [0.717, 1.165) is 23.3 Å². The lowest BCUT2D eigenvalue weighted by Gasteiger charge is -2.09. The first-order valence-corrected chi connectivity index (χ1v) is 8.99. The molecule has 0 radical (unpaired) electrons. The van der Waals surface area contributed by atoms with Gasteiger partial charge in [-0.3, -0.25) is 20.2 Å². The Morgan fingerprint density at radius 1 is 0.733 bits per heavy atom. The third-order valence-corrected chi connectivity index (χ3v) is 4.20. The van der Waals surface area contributed by atoms with Gasteiger partial charge in [0.15, 0.2) is 0 Å². The van der Waals surface area contributed by atoms with Gasteiger partial charge in [0.25, 0.3) is 5.75 Å². The zero-order chi connectivity index (χ0) is 21.5. The first-order valence-electron chi connectivity index (χ1n) is 8.99. The largest absolute Gasteiger partial charge is 0.493 e. The predicted octanol–water partition coefficient (Wildman–Crippen LogP) is 5.16. The van der Waals surface area contributed by atoms with Gasteiger partial charge in [0.2, 0.25) is 0 Å². The molecule has 0 aliphatic carbocycles. The SMILES string of the molecule is O=[N+]([O-])c1cccc([N+](=O)[O-])c1OCCCOc1ccc(-c2ccc(F)cc2)cc1. The maximum atomic E-state index is 13.0. The molecule has 0 fully saturated rings. The molecule has 0 unspecified atom stereocenters. The number of nitro benzene ring substituents is 2. The Morgan fingerprint density at radius 2 is 1.23 bits per heavy atom. The van der Waals surface area contributed by atoms with Crippen LogP contribution in [0.5, 0.6) is 11.5 Å². The van der Waals surface area contributed by atoms with Gasteiger partial charge >= 0.3 is 11.4 Å². The summed E-state index contributed by atoms with van der Waals surface area (Å²) in [5.74, 6) is -0.0548. The summed E-state index contributed by atoms with van der Waals surface area (Å²) in [4.78, 5) is 20.7. The summed E-state index contributed by atoms with van der Waals surface area (Å²) in [6.45, 7) is 0.268. The monoisotopic (exact) mass is 412 g/mol. The van der Waals surface area contributed by atoms with Crippen LogP contribution >= 0.6 is 0 Å². The topological polar surface area (TPSA) is 105 Å². The highest BCUT2D eigenvalue weighted by atomic mass is 19.1. The van der Waals surface area contributed by atoms with E-state index in [0.29, 0.717) is 12.2 Å². The molecule has 3 aromatic rings. The fourth-order valence-corrected chi connectivity index (χ4v) is 2.76. The zero-order valence-electron chi connectivity index (χ0n) is 15.7. The van der Waals surface area contributed by atoms with E-state index in [1.54, 1.807) is 24.3 Å². The summed E-state index contributed by atoms with van der Waals surface area (Å²) in [6, 6.07) is 16.9. The van der Waals surface area contributed by atoms with Gasteiger partial charge in [-0.2, -0.15) is 0 Å². The van der Waals surface area contributed by atoms with E-state index in [1.807, 2.05) is 12.1 Å². The van der Waals surface area contributed by atoms with E-state index in [1.165, 1.54) is 18.2 Å². The van der Waals surface area contributed by atoms with Crippen LogP contribution in [0.4, 0.5) is 15.8 Å². The van der Waals surface area contributed by atoms with Crippen molar-refractivity contribution in [1.29, 1.82) is 0 Å². The van der Waals surface area contributed by atoms with Crippen LogP contribution < -0.4 is 9.47 Å². The average Bonchev–Trinajstić information content (AvgIpc) is 2.74. The van der Waals surface area contributed by atoms with Crippen LogP contribution in [0, 0.1) is 26.0 Å². The van der Waals surface area contributed by atoms with E-state index < -0.39 is 21.2 Å². The van der Waals surface area contributed by atoms with E-state index >= 15 is 0 Å². The molecule has 0 amide bonds. The second-order valence-corrected chi connectivity index (χ2v) is 6.22. The molecule has 0 saturated heterocycles. The second kappa shape index (κ2) is 9.46. The molecule has 3 aromatic carbocycles. The van der Waals surface area contributed by atoms with E-state index in [2.05, 4.69) is 0 Å². The smallest absolute Gasteiger partial charge is 0.318 e. The van der Waals surface area contributed by atoms with Gasteiger partial charge in [0, 0.05) is 18.6 Å². The molecule has 0 heterocycles. The molecule has 0 aromatic heterocycles. The Labute approximate surface area is 170 Å². The number of halogens is 1. The normalized spacial score (nSPS) is 10.4. The number of para-hydroxylation sites is 1. The summed E-state index contributed by atoms with van der Waals surface area (Å²) in [7, 11) is 0. The predicted molar refractivity (Wildman–Crippen MR) is 107 cm³/mol. The summed E-state index contributed by atoms with van der Waals surface area (Å²) in [5, 5.41) is 22.2. The lowest BCUT2D eigenvalue weighted by atomic mass is 10.1. The minimum Gasteiger partial charge on any atom is -0.493 e. The number of benzene rings is 3. The van der Waals surface area contributed by atoms with Crippen LogP contribution in [0.1, 0.15) is 6.42 Å². The van der Waals surface area contributed by atoms with Gasteiger partial charge in [0.05, 0.1) is 23.1 Å². The van der Waals surface area contributed by atoms with Crippen molar-refractivity contribution in [2.45, 2.75) is 6.42 Å². The van der Waals surface area contributed by atoms with Crippen molar-refractivity contribution in [3.63, 3.8) is 0 Å². The van der Waals surface area contributed by atoms with E-state index in [9.17, 15) is 24.6 Å². The Hall–Kier alpha value is -4.01. The molecule has 0 atom stereocenters. The quantitative estimate of drug-likeness (QED) is 0.273. The average molecular weight is 412 g/mol. The third-order valence-electron chi connectivity index (χ3n) is 4.20. The lowest BCUT2D eigenvalue weighted by molar-refractivity contribution is -0.396. The molecule has 0 aliphatic heterocycles. The van der Waals surface area contributed by atoms with Crippen LogP contribution in [-0.4, -0.2) is 23.1 Å². The zero-order valence-corrected chi connectivity index (χ0v) is 15.7. The minimum atomic E-state index is -0.721. The first kappa shape index (κ1) is 20.7. The summed E-state index contributed by atoms with van der Waals surface area (Å²) >= 11 is 0. The number of hydrogen-bond acceptors (Lipinski definition) is 6. The van der Waals surface area contributed by atoms with Crippen molar-refractivity contribution < 1.29 is 23.7 Å². The van der Waals surface area contributed by atoms with Crippen molar-refractivity contribution in [3.05, 3.63) is 92.8 Å². The molecule has 0 aliphatic rings. The van der Waals surface area contributed by atoms with Crippen molar-refractivity contribution in [3.8, 4) is 22.6 Å². The van der Waals surface area contributed by atoms with E-state index in [-0.39, 0.29) is 24.8 Å². The molecule has 3 rings (SSSR count). The van der Waals surface area contributed by atoms with Gasteiger partial charge in [0.1, 0.15) is 11.6 Å². The van der Waals surface area contributed by atoms with E-state index in [4.69, 9.17) is 9.47 Å². The number of hydrogen-bond donors (Lipinski definition) is 0. The first-order chi connectivity index (χ1) is 14.5. The van der Waals surface area contributed by atoms with Crippen LogP contribution in [0.2, 0.25) is 0 Å². The molecule has 0 N–H and O–H groups in total. The van der Waals surface area contributed by atoms with Crippen molar-refractivity contribution in [2.24, 2.45) is 0 Å². The second-order valence-electron chi connectivity index (χ2n) is 6.22. The highest BCUT2D eigenvalue weighted by Gasteiger charge is 2.26. The maximum Gasteiger partial charge on any atom is 0.318 e. The summed E-state index contributed by atoms with van der Waals surface area (Å²) in [6.07, 6.45) is 0.364. The Bertz CT molecular complexity index is 1010. The fourth-order valence-electron chi connectivity index (χ4n) is 2.76. The van der Waals surface area contributed by atoms with Gasteiger partial charge in [-0.05, 0) is 41.5 Å². The molecule has 0 spiro atoms. The Morgan fingerprint density at radius 3 is 1.77 bits per heavy atom. The third kappa shape index (κ3) is 5.07. The lowest BCUT2D eigenvalue weighted by Crippen LogP contribution is -2.07. The van der Waals surface area contributed by atoms with Crippen LogP contribution in [0.15, 0.2) is 66.7 Å². The highest BCUT2D eigenvalue weighted by molar-refractivity contribution is 5.64. The van der Waals surface area contributed by atoms with Gasteiger partial charge < -0.3 is 9.47 Å². The molecule has 154 valence electrons. The van der Waals surface area contributed by atoms with Crippen molar-refractivity contribution >= 4 is 11.4 Å². The molecule has 30 heavy (non-hydrogen) atoms. The van der Waals surface area contributed by atoms with Gasteiger partial charge in [-0.25, -0.2) is 4.39 Å². The molecule has 9 heteroatoms. The molecule has 0 saturated carbocycles. The standard InChI is InChI=1S/C21H17FN2O6/c22-17-9-5-15(6-10-17)16-7-11-18(12-8-16)29-13-2-14-30-21-19(23(25)26)3-1-4-20(21)24(27)28/h1,3-12H,2,13-14H2. The number of ether oxygens (including phenoxy) is 2. The Kier molecular flexibility index (Phi) is 6.53. The Balaban J connectivity index is 1.53. The van der Waals surface area contributed by atoms with Crippen LogP contribution in [-0.2, 0) is 0 Å². The molecule has 0 bridgehead atoms. The van der Waals surface area contributed by atoms with Crippen LogP contribution in [0.3, 0.4) is 0 Å². The van der Waals surface area contributed by atoms with Crippen LogP contribution in [0.25, 0.3) is 11.1 Å². The number of rotatable bonds is 9. The van der Waals surface area contributed by atoms with Gasteiger partial charge in [-0.15, -0.1) is 0 Å². The molecular weight excluding hydrogens is 395 g/mol. The van der Waals surface area contributed by atoms with Crippen molar-refractivity contribution in [2.75, 3.05) is 13.2 Å².